The summed E-state index contributed by atoms with van der Waals surface area (Å²) in [6, 6.07) is 18.0. The van der Waals surface area contributed by atoms with E-state index in [0.717, 1.165) is 52.0 Å². The number of piperazine rings is 1. The Morgan fingerprint density at radius 3 is 2.58 bits per heavy atom. The first-order chi connectivity index (χ1) is 17.6. The van der Waals surface area contributed by atoms with E-state index in [4.69, 9.17) is 11.6 Å². The number of anilines is 1. The van der Waals surface area contributed by atoms with Crippen molar-refractivity contribution in [3.63, 3.8) is 0 Å². The number of benzene rings is 2. The largest absolute Gasteiger partial charge is 0.368 e. The highest BCUT2D eigenvalue weighted by Crippen LogP contribution is 2.26. The van der Waals surface area contributed by atoms with Crippen LogP contribution in [0.25, 0.3) is 22.4 Å². The molecule has 9 heteroatoms. The lowest BCUT2D eigenvalue weighted by molar-refractivity contribution is -0.131. The molecule has 3 aromatic heterocycles. The number of hydrogen-bond donors (Lipinski definition) is 0. The molecular formula is C27H26ClN7O. The third kappa shape index (κ3) is 4.18. The summed E-state index contributed by atoms with van der Waals surface area (Å²) in [6.45, 7) is 5.08. The van der Waals surface area contributed by atoms with Gasteiger partial charge in [0.1, 0.15) is 11.3 Å². The molecule has 0 unspecified atom stereocenters. The van der Waals surface area contributed by atoms with E-state index < -0.39 is 0 Å². The Hall–Kier alpha value is -3.91. The summed E-state index contributed by atoms with van der Waals surface area (Å²) in [4.78, 5) is 17.2. The second kappa shape index (κ2) is 9.28. The molecule has 0 bridgehead atoms. The molecule has 8 nitrogen and oxygen atoms in total. The van der Waals surface area contributed by atoms with Crippen molar-refractivity contribution in [3.8, 4) is 11.3 Å². The summed E-state index contributed by atoms with van der Waals surface area (Å²) in [6.07, 6.45) is 4.75. The first-order valence-electron chi connectivity index (χ1n) is 12.1. The van der Waals surface area contributed by atoms with E-state index in [-0.39, 0.29) is 5.91 Å². The third-order valence-corrected chi connectivity index (χ3v) is 7.10. The van der Waals surface area contributed by atoms with Gasteiger partial charge in [-0.25, -0.2) is 4.52 Å². The Kier molecular flexibility index (Phi) is 5.81. The Labute approximate surface area is 213 Å². The Morgan fingerprint density at radius 1 is 0.972 bits per heavy atom. The van der Waals surface area contributed by atoms with Gasteiger partial charge in [0, 0.05) is 67.7 Å². The Bertz CT molecular complexity index is 1550. The molecule has 1 saturated heterocycles. The van der Waals surface area contributed by atoms with E-state index in [1.165, 1.54) is 5.56 Å². The molecule has 1 fully saturated rings. The van der Waals surface area contributed by atoms with E-state index in [0.29, 0.717) is 25.9 Å². The number of aromatic nitrogens is 5. The average Bonchev–Trinajstić information content (AvgIpc) is 3.53. The summed E-state index contributed by atoms with van der Waals surface area (Å²) >= 11 is 6.20. The van der Waals surface area contributed by atoms with Crippen LogP contribution in [0.1, 0.15) is 17.8 Å². The monoisotopic (exact) mass is 499 g/mol. The average molecular weight is 500 g/mol. The van der Waals surface area contributed by atoms with Crippen LogP contribution < -0.4 is 4.90 Å². The van der Waals surface area contributed by atoms with Crippen LogP contribution in [0.15, 0.2) is 67.0 Å². The van der Waals surface area contributed by atoms with Crippen molar-refractivity contribution in [1.82, 2.24) is 29.1 Å². The predicted molar refractivity (Wildman–Crippen MR) is 140 cm³/mol. The molecule has 182 valence electrons. The van der Waals surface area contributed by atoms with Gasteiger partial charge in [-0.1, -0.05) is 48.0 Å². The number of amides is 1. The second-order valence-corrected chi connectivity index (χ2v) is 9.57. The summed E-state index contributed by atoms with van der Waals surface area (Å²) in [5.74, 6) is 0.919. The number of nitrogens with zero attached hydrogens (tertiary/aromatic N) is 7. The zero-order valence-corrected chi connectivity index (χ0v) is 20.8. The summed E-state index contributed by atoms with van der Waals surface area (Å²) in [5, 5.41) is 14.2. The number of fused-ring (bicyclic) bond motifs is 3. The molecule has 0 spiro atoms. The SMILES string of the molecule is Cc1ccc(Cl)cc1N1CCN(C(=O)CCc2nnc3c4cc(-c5ccccc5)nn4ccn23)CC1. The van der Waals surface area contributed by atoms with E-state index in [9.17, 15) is 4.79 Å². The van der Waals surface area contributed by atoms with Crippen LogP contribution in [0.4, 0.5) is 5.69 Å². The maximum Gasteiger partial charge on any atom is 0.223 e. The van der Waals surface area contributed by atoms with Crippen LogP contribution in [0.3, 0.4) is 0 Å². The molecule has 5 aromatic rings. The molecule has 0 aliphatic carbocycles. The number of aryl methyl sites for hydroxylation is 2. The van der Waals surface area contributed by atoms with Crippen molar-refractivity contribution in [2.24, 2.45) is 0 Å². The maximum atomic E-state index is 13.0. The molecule has 0 saturated carbocycles. The topological polar surface area (TPSA) is 71.0 Å². The van der Waals surface area contributed by atoms with Crippen molar-refractivity contribution in [1.29, 1.82) is 0 Å². The van der Waals surface area contributed by atoms with Gasteiger partial charge in [-0.2, -0.15) is 5.10 Å². The molecule has 1 aliphatic heterocycles. The Balaban J connectivity index is 1.13. The lowest BCUT2D eigenvalue weighted by atomic mass is 10.1. The molecule has 1 amide bonds. The smallest absolute Gasteiger partial charge is 0.223 e. The first-order valence-corrected chi connectivity index (χ1v) is 12.5. The number of carbonyl (C=O) groups excluding carboxylic acids is 1. The molecule has 6 rings (SSSR count). The van der Waals surface area contributed by atoms with E-state index in [1.54, 1.807) is 0 Å². The fraction of sp³-hybridized carbons (Fsp3) is 0.259. The quantitative estimate of drug-likeness (QED) is 0.361. The van der Waals surface area contributed by atoms with Gasteiger partial charge in [0.25, 0.3) is 0 Å². The highest BCUT2D eigenvalue weighted by Gasteiger charge is 2.23. The van der Waals surface area contributed by atoms with Crippen molar-refractivity contribution >= 4 is 34.4 Å². The maximum absolute atomic E-state index is 13.0. The van der Waals surface area contributed by atoms with Gasteiger partial charge < -0.3 is 9.80 Å². The van der Waals surface area contributed by atoms with Crippen LogP contribution in [0.2, 0.25) is 5.02 Å². The van der Waals surface area contributed by atoms with Crippen LogP contribution in [-0.2, 0) is 11.2 Å². The highest BCUT2D eigenvalue weighted by molar-refractivity contribution is 6.30. The standard InChI is InChI=1S/C27H26ClN7O/c1-19-7-8-21(28)17-23(19)32-11-13-33(14-12-32)26(36)10-9-25-29-30-27-24-18-22(20-5-3-2-4-6-20)31-35(24)16-15-34(25)27/h2-8,15-18H,9-14H2,1H3. The molecule has 1 aliphatic rings. The third-order valence-electron chi connectivity index (χ3n) is 6.86. The summed E-state index contributed by atoms with van der Waals surface area (Å²) < 4.78 is 3.78. The van der Waals surface area contributed by atoms with Crippen LogP contribution in [0.5, 0.6) is 0 Å². The van der Waals surface area contributed by atoms with Crippen LogP contribution in [-0.4, -0.2) is 61.2 Å². The fourth-order valence-electron chi connectivity index (χ4n) is 4.88. The molecule has 0 atom stereocenters. The summed E-state index contributed by atoms with van der Waals surface area (Å²) in [5.41, 5.74) is 5.90. The minimum Gasteiger partial charge on any atom is -0.368 e. The van der Waals surface area contributed by atoms with E-state index >= 15 is 0 Å². The van der Waals surface area contributed by atoms with Crippen molar-refractivity contribution < 1.29 is 4.79 Å². The molecule has 0 radical (unpaired) electrons. The van der Waals surface area contributed by atoms with Gasteiger partial charge in [0.05, 0.1) is 5.69 Å². The zero-order chi connectivity index (χ0) is 24.6. The lowest BCUT2D eigenvalue weighted by Gasteiger charge is -2.37. The van der Waals surface area contributed by atoms with Gasteiger partial charge in [-0.05, 0) is 30.7 Å². The lowest BCUT2D eigenvalue weighted by Crippen LogP contribution is -2.49. The van der Waals surface area contributed by atoms with Gasteiger partial charge in [-0.3, -0.25) is 9.20 Å². The highest BCUT2D eigenvalue weighted by atomic mass is 35.5. The first kappa shape index (κ1) is 22.5. The van der Waals surface area contributed by atoms with Crippen molar-refractivity contribution in [2.75, 3.05) is 31.1 Å². The number of rotatable bonds is 5. The van der Waals surface area contributed by atoms with E-state index in [1.807, 2.05) is 80.8 Å². The fourth-order valence-corrected chi connectivity index (χ4v) is 5.04. The van der Waals surface area contributed by atoms with Gasteiger partial charge in [0.15, 0.2) is 5.65 Å². The van der Waals surface area contributed by atoms with Crippen LogP contribution in [0, 0.1) is 6.92 Å². The number of halogens is 1. The summed E-state index contributed by atoms with van der Waals surface area (Å²) in [7, 11) is 0. The Morgan fingerprint density at radius 2 is 1.78 bits per heavy atom. The van der Waals surface area contributed by atoms with Gasteiger partial charge >= 0.3 is 0 Å². The molecule has 0 N–H and O–H groups in total. The van der Waals surface area contributed by atoms with Crippen LogP contribution >= 0.6 is 11.6 Å². The minimum absolute atomic E-state index is 0.144. The molecule has 4 heterocycles. The number of carbonyl (C=O) groups is 1. The molecular weight excluding hydrogens is 474 g/mol. The van der Waals surface area contributed by atoms with Gasteiger partial charge in [0.2, 0.25) is 5.91 Å². The predicted octanol–water partition coefficient (Wildman–Crippen LogP) is 4.29. The van der Waals surface area contributed by atoms with Crippen molar-refractivity contribution in [3.05, 3.63) is 83.4 Å². The van der Waals surface area contributed by atoms with Gasteiger partial charge in [-0.15, -0.1) is 10.2 Å². The second-order valence-electron chi connectivity index (χ2n) is 9.13. The minimum atomic E-state index is 0.144. The van der Waals surface area contributed by atoms with E-state index in [2.05, 4.69) is 27.1 Å². The van der Waals surface area contributed by atoms with Crippen molar-refractivity contribution in [2.45, 2.75) is 19.8 Å². The zero-order valence-electron chi connectivity index (χ0n) is 20.0. The molecule has 2 aromatic carbocycles. The number of hydrogen-bond acceptors (Lipinski definition) is 5. The normalized spacial score (nSPS) is 14.2. The molecule has 36 heavy (non-hydrogen) atoms.